The smallest absolute Gasteiger partial charge is 0.246 e. The summed E-state index contributed by atoms with van der Waals surface area (Å²) in [6.45, 7) is 3.87. The van der Waals surface area contributed by atoms with Crippen molar-refractivity contribution in [2.24, 2.45) is 7.05 Å². The Morgan fingerprint density at radius 1 is 0.750 bits per heavy atom. The van der Waals surface area contributed by atoms with Crippen LogP contribution < -0.4 is 25.0 Å². The lowest BCUT2D eigenvalue weighted by molar-refractivity contribution is 0.415. The summed E-state index contributed by atoms with van der Waals surface area (Å²) in [5.74, 6) is 2.67. The third-order valence-corrected chi connectivity index (χ3v) is 7.89. The molecule has 0 amide bonds. The highest BCUT2D eigenvalue weighted by Crippen LogP contribution is 2.45. The number of methoxy groups -OCH3 is 2. The Morgan fingerprint density at radius 2 is 1.45 bits per heavy atom. The number of aromatic nitrogens is 6. The van der Waals surface area contributed by atoms with E-state index in [-0.39, 0.29) is 0 Å². The maximum Gasteiger partial charge on any atom is 0.246 e. The Labute approximate surface area is 255 Å². The second-order valence-corrected chi connectivity index (χ2v) is 10.6. The van der Waals surface area contributed by atoms with Crippen molar-refractivity contribution in [1.82, 2.24) is 34.7 Å². The molecule has 0 atom stereocenters. The highest BCUT2D eigenvalue weighted by Gasteiger charge is 2.25. The van der Waals surface area contributed by atoms with E-state index < -0.39 is 0 Å². The van der Waals surface area contributed by atoms with Crippen LogP contribution in [0.25, 0.3) is 39.0 Å². The molecule has 4 aromatic heterocycles. The predicted octanol–water partition coefficient (Wildman–Crippen LogP) is 5.03. The molecule has 11 nitrogen and oxygen atoms in total. The fourth-order valence-corrected chi connectivity index (χ4v) is 5.68. The van der Waals surface area contributed by atoms with E-state index >= 15 is 0 Å². The molecular weight excluding hydrogens is 554 g/mol. The zero-order valence-electron chi connectivity index (χ0n) is 24.9. The molecule has 1 aliphatic rings. The van der Waals surface area contributed by atoms with Crippen molar-refractivity contribution >= 4 is 23.0 Å². The van der Waals surface area contributed by atoms with Crippen molar-refractivity contribution in [2.45, 2.75) is 0 Å². The van der Waals surface area contributed by atoms with Crippen LogP contribution in [-0.2, 0) is 7.05 Å². The summed E-state index contributed by atoms with van der Waals surface area (Å²) in [5, 5.41) is 16.2. The van der Waals surface area contributed by atoms with E-state index in [0.717, 1.165) is 82.4 Å². The van der Waals surface area contributed by atoms with Gasteiger partial charge in [0, 0.05) is 61.7 Å². The van der Waals surface area contributed by atoms with Gasteiger partial charge in [0.2, 0.25) is 5.95 Å². The first-order valence-electron chi connectivity index (χ1n) is 14.5. The second kappa shape index (κ2) is 11.7. The van der Waals surface area contributed by atoms with Crippen LogP contribution in [0.3, 0.4) is 0 Å². The normalized spacial score (nSPS) is 13.3. The lowest BCUT2D eigenvalue weighted by Gasteiger charge is -2.29. The standard InChI is InChI=1S/C33H33N9O2/c1-40-21-24(18-37-40)31-30(22-4-9-26(43-2)10-5-22)28-20-36-33(39-42(28)32(31)23-6-11-27(44-3)12-7-23)38-29-13-8-25(19-35-29)41-16-14-34-15-17-41/h4-13,18-21,34H,14-17H2,1-3H3,(H,35,38,39). The van der Waals surface area contributed by atoms with E-state index in [1.165, 1.54) is 0 Å². The lowest BCUT2D eigenvalue weighted by Crippen LogP contribution is -2.43. The van der Waals surface area contributed by atoms with Gasteiger partial charge in [-0.1, -0.05) is 12.1 Å². The summed E-state index contributed by atoms with van der Waals surface area (Å²) in [6, 6.07) is 20.1. The number of ether oxygens (including phenoxy) is 2. The number of rotatable bonds is 8. The average molecular weight is 588 g/mol. The summed E-state index contributed by atoms with van der Waals surface area (Å²) >= 11 is 0. The molecule has 7 rings (SSSR count). The zero-order chi connectivity index (χ0) is 30.0. The highest BCUT2D eigenvalue weighted by atomic mass is 16.5. The molecule has 0 saturated carbocycles. The number of nitrogens with zero attached hydrogens (tertiary/aromatic N) is 7. The maximum absolute atomic E-state index is 5.46. The molecule has 2 aromatic carbocycles. The molecule has 5 heterocycles. The van der Waals surface area contributed by atoms with Gasteiger partial charge >= 0.3 is 0 Å². The van der Waals surface area contributed by atoms with Gasteiger partial charge in [-0.3, -0.25) is 4.68 Å². The van der Waals surface area contributed by atoms with E-state index in [1.807, 2.05) is 83.5 Å². The molecule has 44 heavy (non-hydrogen) atoms. The molecule has 0 radical (unpaired) electrons. The third kappa shape index (κ3) is 5.18. The number of fused-ring (bicyclic) bond motifs is 1. The fourth-order valence-electron chi connectivity index (χ4n) is 5.68. The van der Waals surface area contributed by atoms with Crippen LogP contribution in [-0.4, -0.2) is 69.8 Å². The van der Waals surface area contributed by atoms with Gasteiger partial charge in [-0.05, 0) is 54.1 Å². The lowest BCUT2D eigenvalue weighted by atomic mass is 9.95. The zero-order valence-corrected chi connectivity index (χ0v) is 24.9. The van der Waals surface area contributed by atoms with E-state index in [4.69, 9.17) is 19.6 Å². The minimum atomic E-state index is 0.434. The first-order valence-corrected chi connectivity index (χ1v) is 14.5. The first-order chi connectivity index (χ1) is 21.6. The molecule has 11 heteroatoms. The number of hydrogen-bond acceptors (Lipinski definition) is 9. The summed E-state index contributed by atoms with van der Waals surface area (Å²) in [6.07, 6.45) is 7.65. The van der Waals surface area contributed by atoms with Gasteiger partial charge in [0.05, 0.1) is 49.7 Å². The molecular formula is C33H33N9O2. The van der Waals surface area contributed by atoms with Crippen molar-refractivity contribution in [3.05, 3.63) is 85.5 Å². The summed E-state index contributed by atoms with van der Waals surface area (Å²) in [5.41, 5.74) is 7.82. The summed E-state index contributed by atoms with van der Waals surface area (Å²) in [7, 11) is 5.25. The van der Waals surface area contributed by atoms with Crippen molar-refractivity contribution in [3.8, 4) is 45.0 Å². The number of hydrogen-bond donors (Lipinski definition) is 2. The van der Waals surface area contributed by atoms with Gasteiger partial charge in [0.25, 0.3) is 0 Å². The van der Waals surface area contributed by atoms with Crippen LogP contribution >= 0.6 is 0 Å². The van der Waals surface area contributed by atoms with Crippen LogP contribution in [0.4, 0.5) is 17.5 Å². The Balaban J connectivity index is 1.38. The maximum atomic E-state index is 5.46. The summed E-state index contributed by atoms with van der Waals surface area (Å²) < 4.78 is 14.7. The predicted molar refractivity (Wildman–Crippen MR) is 172 cm³/mol. The van der Waals surface area contributed by atoms with Crippen LogP contribution in [0.2, 0.25) is 0 Å². The molecule has 0 unspecified atom stereocenters. The molecule has 0 spiro atoms. The Morgan fingerprint density at radius 3 is 2.07 bits per heavy atom. The van der Waals surface area contributed by atoms with E-state index in [2.05, 4.69) is 43.8 Å². The van der Waals surface area contributed by atoms with Gasteiger partial charge in [0.1, 0.15) is 17.3 Å². The van der Waals surface area contributed by atoms with Gasteiger partial charge in [-0.15, -0.1) is 5.10 Å². The van der Waals surface area contributed by atoms with Crippen molar-refractivity contribution in [1.29, 1.82) is 0 Å². The van der Waals surface area contributed by atoms with E-state index in [9.17, 15) is 0 Å². The van der Waals surface area contributed by atoms with Crippen LogP contribution in [0.5, 0.6) is 11.5 Å². The number of pyridine rings is 1. The molecule has 1 fully saturated rings. The van der Waals surface area contributed by atoms with Gasteiger partial charge in [-0.25, -0.2) is 14.5 Å². The fraction of sp³-hybridized carbons (Fsp3) is 0.212. The van der Waals surface area contributed by atoms with Crippen LogP contribution in [0, 0.1) is 0 Å². The van der Waals surface area contributed by atoms with Gasteiger partial charge in [0.15, 0.2) is 0 Å². The minimum Gasteiger partial charge on any atom is -0.497 e. The summed E-state index contributed by atoms with van der Waals surface area (Å²) in [4.78, 5) is 11.7. The van der Waals surface area contributed by atoms with Crippen molar-refractivity contribution in [3.63, 3.8) is 0 Å². The monoisotopic (exact) mass is 587 g/mol. The first kappa shape index (κ1) is 27.4. The number of aryl methyl sites for hydroxylation is 1. The quantitative estimate of drug-likeness (QED) is 0.254. The SMILES string of the molecule is COc1ccc(-c2c(-c3cnn(C)c3)c(-c3ccc(OC)cc3)n3nc(Nc4ccc(N5CCNCC5)cn4)ncc23)cc1. The van der Waals surface area contributed by atoms with Gasteiger partial charge < -0.3 is 25.0 Å². The molecule has 6 aromatic rings. The average Bonchev–Trinajstić information content (AvgIpc) is 3.66. The topological polar surface area (TPSA) is 107 Å². The molecule has 1 saturated heterocycles. The number of nitrogens with one attached hydrogen (secondary N) is 2. The largest absolute Gasteiger partial charge is 0.497 e. The molecule has 0 bridgehead atoms. The number of benzene rings is 2. The Kier molecular flexibility index (Phi) is 7.29. The van der Waals surface area contributed by atoms with Crippen LogP contribution in [0.1, 0.15) is 0 Å². The van der Waals surface area contributed by atoms with Crippen LogP contribution in [0.15, 0.2) is 85.5 Å². The molecule has 222 valence electrons. The van der Waals surface area contributed by atoms with E-state index in [0.29, 0.717) is 11.8 Å². The molecule has 1 aliphatic heterocycles. The number of anilines is 3. The second-order valence-electron chi connectivity index (χ2n) is 10.6. The molecule has 2 N–H and O–H groups in total. The van der Waals surface area contributed by atoms with Crippen molar-refractivity contribution in [2.75, 3.05) is 50.6 Å². The van der Waals surface area contributed by atoms with Gasteiger partial charge in [-0.2, -0.15) is 5.10 Å². The highest BCUT2D eigenvalue weighted by molar-refractivity contribution is 6.02. The number of piperazine rings is 1. The third-order valence-electron chi connectivity index (χ3n) is 7.89. The Hall–Kier alpha value is -5.42. The van der Waals surface area contributed by atoms with Crippen molar-refractivity contribution < 1.29 is 9.47 Å². The molecule has 0 aliphatic carbocycles. The van der Waals surface area contributed by atoms with E-state index in [1.54, 1.807) is 14.2 Å². The minimum absolute atomic E-state index is 0.434. The Bertz CT molecular complexity index is 1890.